The fraction of sp³-hybridized carbons (Fsp3) is 0.591. The second-order valence-electron chi connectivity index (χ2n) is 7.32. The predicted octanol–water partition coefficient (Wildman–Crippen LogP) is 5.23. The highest BCUT2D eigenvalue weighted by Gasteiger charge is 2.29. The van der Waals surface area contributed by atoms with E-state index in [-0.39, 0.29) is 18.8 Å². The SMILES string of the molecule is CCC(CC)COC(=O)CNP(=O)(O/C=C\C1CCC(CC)O1)Oc1ccccc1. The summed E-state index contributed by atoms with van der Waals surface area (Å²) in [6, 6.07) is 8.67. The van der Waals surface area contributed by atoms with Crippen molar-refractivity contribution in [3.8, 4) is 5.75 Å². The van der Waals surface area contributed by atoms with Gasteiger partial charge in [-0.05, 0) is 43.4 Å². The Balaban J connectivity index is 1.93. The van der Waals surface area contributed by atoms with E-state index in [1.54, 1.807) is 30.3 Å². The Morgan fingerprint density at radius 2 is 1.97 bits per heavy atom. The number of carbonyl (C=O) groups is 1. The van der Waals surface area contributed by atoms with E-state index in [0.717, 1.165) is 32.1 Å². The van der Waals surface area contributed by atoms with Crippen molar-refractivity contribution >= 4 is 13.7 Å². The van der Waals surface area contributed by atoms with Crippen molar-refractivity contribution in [3.05, 3.63) is 42.7 Å². The molecule has 1 aromatic rings. The van der Waals surface area contributed by atoms with Crippen LogP contribution in [0.4, 0.5) is 0 Å². The van der Waals surface area contributed by atoms with Gasteiger partial charge >= 0.3 is 13.7 Å². The molecule has 1 saturated heterocycles. The summed E-state index contributed by atoms with van der Waals surface area (Å²) in [5.41, 5.74) is 0. The molecule has 7 nitrogen and oxygen atoms in total. The largest absolute Gasteiger partial charge is 0.512 e. The number of carbonyl (C=O) groups excluding carboxylic acids is 1. The first-order valence-electron chi connectivity index (χ1n) is 10.7. The third-order valence-corrected chi connectivity index (χ3v) is 6.50. The molecular formula is C22H34NO6P. The molecule has 1 heterocycles. The van der Waals surface area contributed by atoms with Crippen LogP contribution in [-0.4, -0.2) is 31.3 Å². The van der Waals surface area contributed by atoms with Crippen LogP contribution in [-0.2, 0) is 23.4 Å². The summed E-state index contributed by atoms with van der Waals surface area (Å²) < 4.78 is 35.3. The van der Waals surface area contributed by atoms with Crippen molar-refractivity contribution in [2.45, 2.75) is 65.1 Å². The van der Waals surface area contributed by atoms with Gasteiger partial charge < -0.3 is 18.5 Å². The standard InChI is InChI=1S/C22H34NO6P/c1-4-18(5-2)17-26-22(24)16-23-30(25,29-21-10-8-7-9-11-21)27-15-14-20-13-12-19(6-3)28-20/h7-11,14-15,18-20H,4-6,12-13,16-17H2,1-3H3,(H,23,25)/b15-14-. The average molecular weight is 439 g/mol. The van der Waals surface area contributed by atoms with Gasteiger partial charge in [0.2, 0.25) is 0 Å². The van der Waals surface area contributed by atoms with Crippen LogP contribution in [0.2, 0.25) is 0 Å². The summed E-state index contributed by atoms with van der Waals surface area (Å²) in [5, 5.41) is 2.59. The normalized spacial score (nSPS) is 20.9. The zero-order valence-corrected chi connectivity index (χ0v) is 19.0. The maximum atomic E-state index is 13.2. The summed E-state index contributed by atoms with van der Waals surface area (Å²) in [4.78, 5) is 12.1. The van der Waals surface area contributed by atoms with Crippen molar-refractivity contribution in [2.75, 3.05) is 13.2 Å². The Bertz CT molecular complexity index is 707. The molecule has 0 saturated carbocycles. The average Bonchev–Trinajstić information content (AvgIpc) is 3.22. The van der Waals surface area contributed by atoms with E-state index < -0.39 is 13.7 Å². The highest BCUT2D eigenvalue weighted by molar-refractivity contribution is 7.52. The molecule has 1 N–H and O–H groups in total. The Morgan fingerprint density at radius 3 is 2.60 bits per heavy atom. The molecule has 3 atom stereocenters. The molecule has 0 aliphatic carbocycles. The molecule has 8 heteroatoms. The number of esters is 1. The fourth-order valence-corrected chi connectivity index (χ4v) is 4.17. The molecule has 1 aromatic carbocycles. The Hall–Kier alpha value is -1.82. The number of hydrogen-bond acceptors (Lipinski definition) is 6. The van der Waals surface area contributed by atoms with E-state index in [1.165, 1.54) is 6.26 Å². The molecular weight excluding hydrogens is 405 g/mol. The van der Waals surface area contributed by atoms with E-state index in [9.17, 15) is 9.36 Å². The van der Waals surface area contributed by atoms with Gasteiger partial charge in [-0.2, -0.15) is 5.09 Å². The first-order chi connectivity index (χ1) is 14.5. The monoisotopic (exact) mass is 439 g/mol. The van der Waals surface area contributed by atoms with Gasteiger partial charge in [0.15, 0.2) is 0 Å². The Labute approximate surface area is 179 Å². The summed E-state index contributed by atoms with van der Waals surface area (Å²) in [5.74, 6) is 0.186. The predicted molar refractivity (Wildman–Crippen MR) is 116 cm³/mol. The minimum Gasteiger partial charge on any atom is -0.464 e. The summed E-state index contributed by atoms with van der Waals surface area (Å²) in [7, 11) is -3.83. The molecule has 1 fully saturated rings. The summed E-state index contributed by atoms with van der Waals surface area (Å²) >= 11 is 0. The first-order valence-corrected chi connectivity index (χ1v) is 12.3. The van der Waals surface area contributed by atoms with Gasteiger partial charge in [0, 0.05) is 0 Å². The molecule has 1 aliphatic heterocycles. The van der Waals surface area contributed by atoms with Gasteiger partial charge in [0.05, 0.1) is 25.1 Å². The molecule has 2 rings (SSSR count). The summed E-state index contributed by atoms with van der Waals surface area (Å²) in [6.07, 6.45) is 7.92. The van der Waals surface area contributed by atoms with E-state index in [2.05, 4.69) is 25.9 Å². The van der Waals surface area contributed by atoms with Gasteiger partial charge in [-0.15, -0.1) is 0 Å². The van der Waals surface area contributed by atoms with Crippen molar-refractivity contribution < 1.29 is 27.9 Å². The second-order valence-corrected chi connectivity index (χ2v) is 9.02. The maximum Gasteiger partial charge on any atom is 0.512 e. The zero-order valence-electron chi connectivity index (χ0n) is 18.1. The van der Waals surface area contributed by atoms with Gasteiger partial charge in [0.25, 0.3) is 0 Å². The Kier molecular flexibility index (Phi) is 10.4. The van der Waals surface area contributed by atoms with Crippen LogP contribution < -0.4 is 9.61 Å². The second kappa shape index (κ2) is 12.8. The molecule has 3 unspecified atom stereocenters. The van der Waals surface area contributed by atoms with E-state index >= 15 is 0 Å². The number of nitrogens with one attached hydrogen (secondary N) is 1. The number of rotatable bonds is 13. The number of benzene rings is 1. The third-order valence-electron chi connectivity index (χ3n) is 5.11. The molecule has 0 spiro atoms. The lowest BCUT2D eigenvalue weighted by molar-refractivity contribution is -0.143. The maximum absolute atomic E-state index is 13.2. The molecule has 168 valence electrons. The smallest absolute Gasteiger partial charge is 0.464 e. The first kappa shape index (κ1) is 24.4. The van der Waals surface area contributed by atoms with Crippen LogP contribution in [0.3, 0.4) is 0 Å². The van der Waals surface area contributed by atoms with Crippen LogP contribution in [0.1, 0.15) is 52.9 Å². The van der Waals surface area contributed by atoms with E-state index in [0.29, 0.717) is 18.3 Å². The van der Waals surface area contributed by atoms with Crippen LogP contribution in [0, 0.1) is 5.92 Å². The fourth-order valence-electron chi connectivity index (χ4n) is 3.04. The van der Waals surface area contributed by atoms with Gasteiger partial charge in [-0.25, -0.2) is 4.57 Å². The van der Waals surface area contributed by atoms with Gasteiger partial charge in [-0.3, -0.25) is 4.79 Å². The van der Waals surface area contributed by atoms with Crippen LogP contribution >= 0.6 is 7.75 Å². The molecule has 1 aliphatic rings. The molecule has 0 bridgehead atoms. The number of para-hydroxylation sites is 1. The Morgan fingerprint density at radius 1 is 1.23 bits per heavy atom. The quantitative estimate of drug-likeness (QED) is 0.256. The van der Waals surface area contributed by atoms with Crippen LogP contribution in [0.25, 0.3) is 0 Å². The lowest BCUT2D eigenvalue weighted by Crippen LogP contribution is -2.26. The van der Waals surface area contributed by atoms with Crippen molar-refractivity contribution in [3.63, 3.8) is 0 Å². The molecule has 0 radical (unpaired) electrons. The highest BCUT2D eigenvalue weighted by Crippen LogP contribution is 2.44. The zero-order chi connectivity index (χ0) is 21.8. The minimum absolute atomic E-state index is 0.0786. The summed E-state index contributed by atoms with van der Waals surface area (Å²) in [6.45, 7) is 6.26. The topological polar surface area (TPSA) is 83.1 Å². The lowest BCUT2D eigenvalue weighted by atomic mass is 10.1. The van der Waals surface area contributed by atoms with E-state index in [4.69, 9.17) is 18.5 Å². The van der Waals surface area contributed by atoms with Crippen LogP contribution in [0.15, 0.2) is 42.7 Å². The number of hydrogen-bond donors (Lipinski definition) is 1. The molecule has 0 amide bonds. The third kappa shape index (κ3) is 8.50. The lowest BCUT2D eigenvalue weighted by Gasteiger charge is -2.19. The van der Waals surface area contributed by atoms with Crippen molar-refractivity contribution in [2.24, 2.45) is 5.92 Å². The van der Waals surface area contributed by atoms with Gasteiger partial charge in [0.1, 0.15) is 12.3 Å². The van der Waals surface area contributed by atoms with Crippen molar-refractivity contribution in [1.82, 2.24) is 5.09 Å². The highest BCUT2D eigenvalue weighted by atomic mass is 31.2. The van der Waals surface area contributed by atoms with Gasteiger partial charge in [-0.1, -0.05) is 51.8 Å². The van der Waals surface area contributed by atoms with Crippen LogP contribution in [0.5, 0.6) is 5.75 Å². The molecule has 0 aromatic heterocycles. The van der Waals surface area contributed by atoms with Crippen molar-refractivity contribution in [1.29, 1.82) is 0 Å². The molecule has 30 heavy (non-hydrogen) atoms. The number of ether oxygens (including phenoxy) is 2. The van der Waals surface area contributed by atoms with E-state index in [1.807, 2.05) is 6.07 Å². The minimum atomic E-state index is -3.83.